The number of likely N-dealkylation sites (tertiary alicyclic amines) is 1. The molecule has 1 aromatic carbocycles. The van der Waals surface area contributed by atoms with Crippen molar-refractivity contribution in [3.05, 3.63) is 29.3 Å². The lowest BCUT2D eigenvalue weighted by Gasteiger charge is -2.15. The van der Waals surface area contributed by atoms with E-state index in [4.69, 9.17) is 9.47 Å². The van der Waals surface area contributed by atoms with Gasteiger partial charge in [0.2, 0.25) is 0 Å². The fourth-order valence-electron chi connectivity index (χ4n) is 3.12. The van der Waals surface area contributed by atoms with Gasteiger partial charge in [0.25, 0.3) is 0 Å². The van der Waals surface area contributed by atoms with Gasteiger partial charge < -0.3 is 14.8 Å². The van der Waals surface area contributed by atoms with Gasteiger partial charge >= 0.3 is 0 Å². The van der Waals surface area contributed by atoms with Crippen molar-refractivity contribution < 1.29 is 9.47 Å². The van der Waals surface area contributed by atoms with Crippen molar-refractivity contribution in [1.29, 1.82) is 0 Å². The maximum absolute atomic E-state index is 5.48. The van der Waals surface area contributed by atoms with Gasteiger partial charge in [-0.1, -0.05) is 12.1 Å². The summed E-state index contributed by atoms with van der Waals surface area (Å²) in [6.45, 7) is 3.95. The number of nitrogens with zero attached hydrogens (tertiary/aromatic N) is 1. The van der Waals surface area contributed by atoms with Gasteiger partial charge in [0.05, 0.1) is 12.2 Å². The molecule has 4 nitrogen and oxygen atoms in total. The smallest absolute Gasteiger partial charge is 0.0971 e. The lowest BCUT2D eigenvalue weighted by atomic mass is 10.1. The molecule has 19 heavy (non-hydrogen) atoms. The fourth-order valence-corrected chi connectivity index (χ4v) is 3.12. The number of nitrogens with one attached hydrogen (secondary N) is 1. The third-order valence-electron chi connectivity index (χ3n) is 4.18. The van der Waals surface area contributed by atoms with Crippen molar-refractivity contribution in [2.24, 2.45) is 0 Å². The maximum atomic E-state index is 5.48. The Kier molecular flexibility index (Phi) is 3.73. The topological polar surface area (TPSA) is 33.7 Å². The quantitative estimate of drug-likeness (QED) is 0.891. The summed E-state index contributed by atoms with van der Waals surface area (Å²) < 4.78 is 11.0. The second kappa shape index (κ2) is 5.49. The minimum Gasteiger partial charge on any atom is -0.384 e. The van der Waals surface area contributed by atoms with E-state index in [1.54, 1.807) is 14.2 Å². The van der Waals surface area contributed by atoms with Crippen molar-refractivity contribution in [2.75, 3.05) is 39.2 Å². The molecule has 0 saturated carbocycles. The summed E-state index contributed by atoms with van der Waals surface area (Å²) in [6, 6.07) is 6.76. The Bertz CT molecular complexity index is 438. The van der Waals surface area contributed by atoms with Gasteiger partial charge in [-0.25, -0.2) is 0 Å². The predicted molar refractivity (Wildman–Crippen MR) is 75.5 cm³/mol. The second-order valence-electron chi connectivity index (χ2n) is 5.41. The van der Waals surface area contributed by atoms with Crippen LogP contribution < -0.4 is 5.32 Å². The maximum Gasteiger partial charge on any atom is 0.0971 e. The van der Waals surface area contributed by atoms with Crippen LogP contribution in [0, 0.1) is 0 Å². The molecule has 4 heteroatoms. The van der Waals surface area contributed by atoms with Crippen LogP contribution in [-0.4, -0.2) is 51.0 Å². The minimum absolute atomic E-state index is 0.195. The minimum atomic E-state index is 0.195. The fraction of sp³-hybridized carbons (Fsp3) is 0.600. The molecule has 1 aromatic rings. The molecule has 2 atom stereocenters. The molecule has 2 unspecified atom stereocenters. The van der Waals surface area contributed by atoms with Crippen molar-refractivity contribution in [3.8, 4) is 0 Å². The van der Waals surface area contributed by atoms with Gasteiger partial charge in [0.1, 0.15) is 0 Å². The van der Waals surface area contributed by atoms with Crippen molar-refractivity contribution in [3.63, 3.8) is 0 Å². The Morgan fingerprint density at radius 3 is 2.63 bits per heavy atom. The number of methoxy groups -OCH3 is 2. The lowest BCUT2D eigenvalue weighted by molar-refractivity contribution is -0.00461. The molecule has 1 N–H and O–H groups in total. The van der Waals surface area contributed by atoms with E-state index in [-0.39, 0.29) is 12.2 Å². The largest absolute Gasteiger partial charge is 0.384 e. The van der Waals surface area contributed by atoms with E-state index in [9.17, 15) is 0 Å². The molecule has 0 aromatic heterocycles. The van der Waals surface area contributed by atoms with Gasteiger partial charge in [-0.2, -0.15) is 0 Å². The number of anilines is 1. The Morgan fingerprint density at radius 1 is 1.21 bits per heavy atom. The number of hydrogen-bond acceptors (Lipinski definition) is 4. The van der Waals surface area contributed by atoms with Crippen LogP contribution in [-0.2, 0) is 22.4 Å². The molecular formula is C15H22N2O2. The van der Waals surface area contributed by atoms with Gasteiger partial charge in [-0.05, 0) is 23.6 Å². The van der Waals surface area contributed by atoms with Gasteiger partial charge in [-0.3, -0.25) is 4.90 Å². The van der Waals surface area contributed by atoms with Crippen LogP contribution in [0.4, 0.5) is 5.69 Å². The van der Waals surface area contributed by atoms with E-state index in [1.165, 1.54) is 16.8 Å². The Labute approximate surface area is 114 Å². The van der Waals surface area contributed by atoms with E-state index >= 15 is 0 Å². The van der Waals surface area contributed by atoms with E-state index < -0.39 is 0 Å². The van der Waals surface area contributed by atoms with Crippen LogP contribution in [0.15, 0.2) is 18.2 Å². The first-order chi connectivity index (χ1) is 9.30. The van der Waals surface area contributed by atoms with Crippen molar-refractivity contribution >= 4 is 5.69 Å². The molecule has 0 radical (unpaired) electrons. The van der Waals surface area contributed by atoms with Gasteiger partial charge in [0, 0.05) is 46.1 Å². The number of ether oxygens (including phenoxy) is 2. The Morgan fingerprint density at radius 2 is 1.95 bits per heavy atom. The third-order valence-corrected chi connectivity index (χ3v) is 4.18. The molecule has 3 rings (SSSR count). The Hall–Kier alpha value is -1.10. The van der Waals surface area contributed by atoms with Crippen molar-refractivity contribution in [2.45, 2.75) is 25.2 Å². The van der Waals surface area contributed by atoms with Crippen LogP contribution in [0.3, 0.4) is 0 Å². The average Bonchev–Trinajstić information content (AvgIpc) is 3.04. The summed E-state index contributed by atoms with van der Waals surface area (Å²) >= 11 is 0. The molecule has 0 bridgehead atoms. The number of fused-ring (bicyclic) bond motifs is 1. The SMILES string of the molecule is COC1CN(Cc2ccc3c(c2)CCN3)CC1OC. The third kappa shape index (κ3) is 2.61. The van der Waals surface area contributed by atoms with Crippen molar-refractivity contribution in [1.82, 2.24) is 4.90 Å². The van der Waals surface area contributed by atoms with E-state index in [2.05, 4.69) is 28.4 Å². The summed E-state index contributed by atoms with van der Waals surface area (Å²) in [5.74, 6) is 0. The zero-order valence-electron chi connectivity index (χ0n) is 11.7. The van der Waals surface area contributed by atoms with E-state index in [0.29, 0.717) is 0 Å². The molecule has 0 amide bonds. The zero-order valence-corrected chi connectivity index (χ0v) is 11.7. The van der Waals surface area contributed by atoms with Crippen LogP contribution in [0.1, 0.15) is 11.1 Å². The summed E-state index contributed by atoms with van der Waals surface area (Å²) in [4.78, 5) is 2.41. The van der Waals surface area contributed by atoms with E-state index in [0.717, 1.165) is 32.6 Å². The zero-order chi connectivity index (χ0) is 13.2. The number of rotatable bonds is 4. The first-order valence-corrected chi connectivity index (χ1v) is 6.94. The van der Waals surface area contributed by atoms with E-state index in [1.807, 2.05) is 0 Å². The van der Waals surface area contributed by atoms with Crippen LogP contribution in [0.5, 0.6) is 0 Å². The summed E-state index contributed by atoms with van der Waals surface area (Å²) in [5, 5.41) is 3.40. The molecule has 2 heterocycles. The Balaban J connectivity index is 1.66. The monoisotopic (exact) mass is 262 g/mol. The molecule has 2 aliphatic rings. The first kappa shape index (κ1) is 12.9. The number of benzene rings is 1. The molecular weight excluding hydrogens is 240 g/mol. The molecule has 0 spiro atoms. The highest BCUT2D eigenvalue weighted by atomic mass is 16.5. The highest BCUT2D eigenvalue weighted by Gasteiger charge is 2.32. The highest BCUT2D eigenvalue weighted by molar-refractivity contribution is 5.56. The summed E-state index contributed by atoms with van der Waals surface area (Å²) in [7, 11) is 3.53. The molecule has 104 valence electrons. The first-order valence-electron chi connectivity index (χ1n) is 6.94. The van der Waals surface area contributed by atoms with Gasteiger partial charge in [0.15, 0.2) is 0 Å². The molecule has 1 fully saturated rings. The van der Waals surface area contributed by atoms with Gasteiger partial charge in [-0.15, -0.1) is 0 Å². The molecule has 1 saturated heterocycles. The second-order valence-corrected chi connectivity index (χ2v) is 5.41. The number of hydrogen-bond donors (Lipinski definition) is 1. The van der Waals surface area contributed by atoms with Crippen LogP contribution in [0.25, 0.3) is 0 Å². The van der Waals surface area contributed by atoms with Crippen LogP contribution >= 0.6 is 0 Å². The molecule has 0 aliphatic carbocycles. The average molecular weight is 262 g/mol. The highest BCUT2D eigenvalue weighted by Crippen LogP contribution is 2.25. The lowest BCUT2D eigenvalue weighted by Crippen LogP contribution is -2.27. The summed E-state index contributed by atoms with van der Waals surface area (Å²) in [6.07, 6.45) is 1.53. The predicted octanol–water partition coefficient (Wildman–Crippen LogP) is 1.50. The molecule has 2 aliphatic heterocycles. The normalized spacial score (nSPS) is 26.4. The summed E-state index contributed by atoms with van der Waals surface area (Å²) in [5.41, 5.74) is 4.13. The standard InChI is InChI=1S/C15H22N2O2/c1-18-14-9-17(10-15(14)19-2)8-11-3-4-13-12(7-11)5-6-16-13/h3-4,7,14-16H,5-6,8-10H2,1-2H3. The van der Waals surface area contributed by atoms with Crippen LogP contribution in [0.2, 0.25) is 0 Å².